The molecule has 0 atom stereocenters. The Bertz CT molecular complexity index is 235. The van der Waals surface area contributed by atoms with E-state index in [1.165, 1.54) is 0 Å². The van der Waals surface area contributed by atoms with Crippen molar-refractivity contribution in [1.29, 1.82) is 0 Å². The van der Waals surface area contributed by atoms with Gasteiger partial charge in [0.05, 0.1) is 6.42 Å². The molecule has 3 heteroatoms. The number of carbonyl (C=O) groups is 1. The highest BCUT2D eigenvalue weighted by Crippen LogP contribution is 2.13. The molecule has 0 unspecified atom stereocenters. The lowest BCUT2D eigenvalue weighted by Gasteiger charge is -1.97. The summed E-state index contributed by atoms with van der Waals surface area (Å²) in [7, 11) is 0. The highest BCUT2D eigenvalue weighted by Gasteiger charge is 2.02. The molecule has 0 aromatic heterocycles. The fourth-order valence-electron chi connectivity index (χ4n) is 0.643. The number of carboxylic acid groups (broad SMARTS) is 1. The second-order valence-corrected chi connectivity index (χ2v) is 2.79. The van der Waals surface area contributed by atoms with Gasteiger partial charge in [0.15, 0.2) is 0 Å². The summed E-state index contributed by atoms with van der Waals surface area (Å²) in [5.41, 5.74) is 0.601. The average Bonchev–Trinajstić information content (AvgIpc) is 1.96. The molecule has 0 radical (unpaired) electrons. The molecule has 0 saturated heterocycles. The Morgan fingerprint density at radius 2 is 2.25 bits per heavy atom. The van der Waals surface area contributed by atoms with Crippen LogP contribution >= 0.6 is 11.6 Å². The van der Waals surface area contributed by atoms with Crippen molar-refractivity contribution >= 4 is 17.6 Å². The van der Waals surface area contributed by atoms with Crippen LogP contribution in [0.2, 0.25) is 0 Å². The fraction of sp³-hybridized carbons (Fsp3) is 0.222. The summed E-state index contributed by atoms with van der Waals surface area (Å²) in [4.78, 5) is 10.3. The van der Waals surface area contributed by atoms with E-state index in [9.17, 15) is 4.79 Å². The molecule has 0 aliphatic rings. The summed E-state index contributed by atoms with van der Waals surface area (Å²) in [5, 5.41) is 8.98. The monoisotopic (exact) mass is 186 g/mol. The minimum Gasteiger partial charge on any atom is -0.481 e. The van der Waals surface area contributed by atoms with E-state index in [0.29, 0.717) is 10.6 Å². The third kappa shape index (κ3) is 4.74. The van der Waals surface area contributed by atoms with Gasteiger partial charge in [-0.25, -0.2) is 0 Å². The van der Waals surface area contributed by atoms with Crippen molar-refractivity contribution in [3.8, 4) is 0 Å². The number of halogens is 1. The van der Waals surface area contributed by atoms with Gasteiger partial charge in [-0.15, -0.1) is 0 Å². The van der Waals surface area contributed by atoms with Crippen molar-refractivity contribution in [1.82, 2.24) is 0 Å². The molecule has 0 aliphatic heterocycles. The smallest absolute Gasteiger partial charge is 0.307 e. The molecule has 12 heavy (non-hydrogen) atoms. The summed E-state index contributed by atoms with van der Waals surface area (Å²) in [6.45, 7) is 5.13. The van der Waals surface area contributed by atoms with E-state index in [-0.39, 0.29) is 6.42 Å². The Balaban J connectivity index is 4.47. The van der Waals surface area contributed by atoms with Crippen molar-refractivity contribution in [3.63, 3.8) is 0 Å². The van der Waals surface area contributed by atoms with Crippen molar-refractivity contribution in [3.05, 3.63) is 35.4 Å². The van der Waals surface area contributed by atoms with E-state index in [1.54, 1.807) is 25.2 Å². The SMILES string of the molecule is C=C/C=C\C(CC(=O)O)=C(/C)Cl. The second-order valence-electron chi connectivity index (χ2n) is 2.22. The Morgan fingerprint density at radius 3 is 2.58 bits per heavy atom. The maximum absolute atomic E-state index is 10.3. The molecule has 0 bridgehead atoms. The zero-order valence-corrected chi connectivity index (χ0v) is 7.64. The number of carboxylic acids is 1. The fourth-order valence-corrected chi connectivity index (χ4v) is 0.772. The van der Waals surface area contributed by atoms with E-state index in [1.807, 2.05) is 0 Å². The van der Waals surface area contributed by atoms with Crippen molar-refractivity contribution < 1.29 is 9.90 Å². The molecule has 0 heterocycles. The standard InChI is InChI=1S/C9H11ClO2/c1-3-4-5-8(7(2)10)6-9(11)12/h3-5H,1,6H2,2H3,(H,11,12)/b5-4-,8-7-. The summed E-state index contributed by atoms with van der Waals surface area (Å²) < 4.78 is 0. The maximum atomic E-state index is 10.3. The highest BCUT2D eigenvalue weighted by molar-refractivity contribution is 6.29. The molecular formula is C9H11ClO2. The molecule has 1 N–H and O–H groups in total. The van der Waals surface area contributed by atoms with Crippen LogP contribution in [0.25, 0.3) is 0 Å². The number of hydrogen-bond acceptors (Lipinski definition) is 1. The Labute approximate surface area is 76.8 Å². The van der Waals surface area contributed by atoms with Crippen molar-refractivity contribution in [2.75, 3.05) is 0 Å². The van der Waals surface area contributed by atoms with Crippen LogP contribution in [0.3, 0.4) is 0 Å². The van der Waals surface area contributed by atoms with Gasteiger partial charge in [-0.05, 0) is 12.5 Å². The van der Waals surface area contributed by atoms with Crippen LogP contribution in [-0.2, 0) is 4.79 Å². The lowest BCUT2D eigenvalue weighted by Crippen LogP contribution is -1.96. The van der Waals surface area contributed by atoms with Gasteiger partial charge in [-0.2, -0.15) is 0 Å². The first kappa shape index (κ1) is 11.0. The molecule has 2 nitrogen and oxygen atoms in total. The molecule has 66 valence electrons. The Hall–Kier alpha value is -1.02. The van der Waals surface area contributed by atoms with Crippen LogP contribution in [0.5, 0.6) is 0 Å². The number of hydrogen-bond donors (Lipinski definition) is 1. The van der Waals surface area contributed by atoms with Crippen LogP contribution in [-0.4, -0.2) is 11.1 Å². The lowest BCUT2D eigenvalue weighted by molar-refractivity contribution is -0.136. The zero-order chi connectivity index (χ0) is 9.56. The summed E-state index contributed by atoms with van der Waals surface area (Å²) in [5.74, 6) is -0.890. The summed E-state index contributed by atoms with van der Waals surface area (Å²) >= 11 is 5.65. The molecule has 0 aromatic rings. The first-order chi connectivity index (χ1) is 5.57. The third-order valence-electron chi connectivity index (χ3n) is 1.22. The van der Waals surface area contributed by atoms with Gasteiger partial charge in [0.1, 0.15) is 0 Å². The lowest BCUT2D eigenvalue weighted by atomic mass is 10.1. The quantitative estimate of drug-likeness (QED) is 0.686. The zero-order valence-electron chi connectivity index (χ0n) is 6.88. The van der Waals surface area contributed by atoms with Gasteiger partial charge < -0.3 is 5.11 Å². The van der Waals surface area contributed by atoms with Crippen LogP contribution in [0.1, 0.15) is 13.3 Å². The molecule has 0 aliphatic carbocycles. The first-order valence-corrected chi connectivity index (χ1v) is 3.82. The molecule has 0 rings (SSSR count). The van der Waals surface area contributed by atoms with Crippen LogP contribution in [0.4, 0.5) is 0 Å². The first-order valence-electron chi connectivity index (χ1n) is 3.44. The van der Waals surface area contributed by atoms with Gasteiger partial charge in [0.2, 0.25) is 0 Å². The predicted molar refractivity (Wildman–Crippen MR) is 50.1 cm³/mol. The third-order valence-corrected chi connectivity index (χ3v) is 1.46. The molecular weight excluding hydrogens is 176 g/mol. The molecule has 0 fully saturated rings. The number of rotatable bonds is 4. The van der Waals surface area contributed by atoms with Crippen molar-refractivity contribution in [2.24, 2.45) is 0 Å². The topological polar surface area (TPSA) is 37.3 Å². The van der Waals surface area contributed by atoms with Gasteiger partial charge >= 0.3 is 5.97 Å². The molecule has 0 spiro atoms. The maximum Gasteiger partial charge on any atom is 0.307 e. The van der Waals surface area contributed by atoms with Crippen LogP contribution in [0.15, 0.2) is 35.4 Å². The Kier molecular flexibility index (Phi) is 5.13. The number of allylic oxidation sites excluding steroid dienone is 4. The van der Waals surface area contributed by atoms with Gasteiger partial charge in [0.25, 0.3) is 0 Å². The van der Waals surface area contributed by atoms with Crippen LogP contribution in [0, 0.1) is 0 Å². The van der Waals surface area contributed by atoms with Crippen molar-refractivity contribution in [2.45, 2.75) is 13.3 Å². The second kappa shape index (κ2) is 5.61. The summed E-state index contributed by atoms with van der Waals surface area (Å²) in [6.07, 6.45) is 4.81. The molecule has 0 saturated carbocycles. The minimum atomic E-state index is -0.890. The number of aliphatic carboxylic acids is 1. The normalized spacial score (nSPS) is 12.8. The van der Waals surface area contributed by atoms with E-state index in [2.05, 4.69) is 6.58 Å². The largest absolute Gasteiger partial charge is 0.481 e. The van der Waals surface area contributed by atoms with Crippen LogP contribution < -0.4 is 0 Å². The van der Waals surface area contributed by atoms with Gasteiger partial charge in [0, 0.05) is 5.03 Å². The van der Waals surface area contributed by atoms with E-state index >= 15 is 0 Å². The van der Waals surface area contributed by atoms with E-state index in [4.69, 9.17) is 16.7 Å². The molecule has 0 amide bonds. The summed E-state index contributed by atoms with van der Waals surface area (Å²) in [6, 6.07) is 0. The average molecular weight is 187 g/mol. The van der Waals surface area contributed by atoms with E-state index in [0.717, 1.165) is 0 Å². The highest BCUT2D eigenvalue weighted by atomic mass is 35.5. The van der Waals surface area contributed by atoms with Gasteiger partial charge in [-0.3, -0.25) is 4.79 Å². The Morgan fingerprint density at radius 1 is 1.67 bits per heavy atom. The van der Waals surface area contributed by atoms with E-state index < -0.39 is 5.97 Å². The minimum absolute atomic E-state index is 0.0559. The van der Waals surface area contributed by atoms with Gasteiger partial charge in [-0.1, -0.05) is 36.4 Å². The molecule has 0 aromatic carbocycles. The predicted octanol–water partition coefficient (Wildman–Crippen LogP) is 2.72.